The molecule has 0 saturated carbocycles. The van der Waals surface area contributed by atoms with Gasteiger partial charge in [-0.1, -0.05) is 220 Å². The topological polar surface area (TPSA) is 3.24 Å². The van der Waals surface area contributed by atoms with Crippen molar-refractivity contribution in [3.63, 3.8) is 0 Å². The second-order valence-electron chi connectivity index (χ2n) is 18.0. The molecule has 312 valence electrons. The Hall–Kier alpha value is -8.26. The fraction of sp³-hybridized carbons (Fsp3) is 0.0462. The Bertz CT molecular complexity index is 3600. The van der Waals surface area contributed by atoms with Gasteiger partial charge in [0.2, 0.25) is 0 Å². The third-order valence-electron chi connectivity index (χ3n) is 13.9. The second kappa shape index (κ2) is 16.1. The molecular formula is C65H47N. The van der Waals surface area contributed by atoms with Crippen LogP contribution >= 0.6 is 0 Å². The van der Waals surface area contributed by atoms with E-state index in [0.29, 0.717) is 0 Å². The molecular weight excluding hydrogens is 795 g/mol. The molecule has 0 aromatic heterocycles. The first-order chi connectivity index (χ1) is 32.5. The van der Waals surface area contributed by atoms with Crippen LogP contribution < -0.4 is 4.90 Å². The fourth-order valence-electron chi connectivity index (χ4n) is 10.7. The highest BCUT2D eigenvalue weighted by atomic mass is 15.1. The van der Waals surface area contributed by atoms with Gasteiger partial charge in [-0.05, 0) is 136 Å². The molecule has 0 heterocycles. The average Bonchev–Trinajstić information content (AvgIpc) is 3.62. The predicted molar refractivity (Wildman–Crippen MR) is 281 cm³/mol. The quantitative estimate of drug-likeness (QED) is 0.138. The Morgan fingerprint density at radius 2 is 0.818 bits per heavy atom. The Kier molecular flexibility index (Phi) is 9.58. The van der Waals surface area contributed by atoms with E-state index in [1.165, 1.54) is 99.4 Å². The van der Waals surface area contributed by atoms with Crippen LogP contribution in [0.1, 0.15) is 25.0 Å². The van der Waals surface area contributed by atoms with Gasteiger partial charge in [0.15, 0.2) is 0 Å². The summed E-state index contributed by atoms with van der Waals surface area (Å²) in [6.07, 6.45) is 0. The van der Waals surface area contributed by atoms with Crippen molar-refractivity contribution in [2.75, 3.05) is 4.90 Å². The van der Waals surface area contributed by atoms with E-state index in [9.17, 15) is 0 Å². The Morgan fingerprint density at radius 3 is 1.58 bits per heavy atom. The van der Waals surface area contributed by atoms with Gasteiger partial charge in [0.1, 0.15) is 0 Å². The van der Waals surface area contributed by atoms with Gasteiger partial charge in [-0.15, -0.1) is 0 Å². The van der Waals surface area contributed by atoms with Gasteiger partial charge in [0, 0.05) is 22.4 Å². The van der Waals surface area contributed by atoms with Crippen LogP contribution in [0.4, 0.5) is 17.1 Å². The van der Waals surface area contributed by atoms with Crippen LogP contribution in [0.15, 0.2) is 249 Å². The molecule has 1 heteroatoms. The van der Waals surface area contributed by atoms with E-state index in [4.69, 9.17) is 0 Å². The van der Waals surface area contributed by atoms with Crippen LogP contribution in [0.2, 0.25) is 0 Å². The van der Waals surface area contributed by atoms with Crippen LogP contribution in [-0.4, -0.2) is 0 Å². The maximum absolute atomic E-state index is 2.51. The molecule has 0 spiro atoms. The molecule has 1 aliphatic carbocycles. The van der Waals surface area contributed by atoms with Crippen molar-refractivity contribution in [1.29, 1.82) is 0 Å². The molecule has 11 aromatic carbocycles. The first-order valence-electron chi connectivity index (χ1n) is 23.0. The normalized spacial score (nSPS) is 12.5. The molecule has 12 rings (SSSR count). The van der Waals surface area contributed by atoms with E-state index >= 15 is 0 Å². The van der Waals surface area contributed by atoms with Gasteiger partial charge in [-0.3, -0.25) is 0 Å². The summed E-state index contributed by atoms with van der Waals surface area (Å²) in [5.41, 5.74) is 20.4. The molecule has 0 unspecified atom stereocenters. The van der Waals surface area contributed by atoms with Crippen molar-refractivity contribution < 1.29 is 0 Å². The molecule has 0 fully saturated rings. The highest BCUT2D eigenvalue weighted by Gasteiger charge is 2.36. The van der Waals surface area contributed by atoms with E-state index in [1.807, 2.05) is 0 Å². The van der Waals surface area contributed by atoms with Gasteiger partial charge in [-0.2, -0.15) is 0 Å². The van der Waals surface area contributed by atoms with Gasteiger partial charge in [0.25, 0.3) is 0 Å². The molecule has 11 aromatic rings. The van der Waals surface area contributed by atoms with Crippen molar-refractivity contribution >= 4 is 38.6 Å². The van der Waals surface area contributed by atoms with Crippen LogP contribution in [0.5, 0.6) is 0 Å². The fourth-order valence-corrected chi connectivity index (χ4v) is 10.7. The lowest BCUT2D eigenvalue weighted by Gasteiger charge is -2.31. The van der Waals surface area contributed by atoms with E-state index in [-0.39, 0.29) is 5.41 Å². The number of hydrogen-bond donors (Lipinski definition) is 0. The standard InChI is InChI=1S/C65H47N/c1-65(2)61-33-16-15-31-58(61)59-40-39-51(43-62(59)65)66(50-37-35-46(36-38-50)53-27-12-11-26-52(53)45-21-7-4-8-22-45)63-34-18-32-55(48-25-17-24-47(41-48)44-19-5-3-6-20-44)64(63)60-42-49-23-9-10-28-54(49)56-29-13-14-30-57(56)60/h3-43H,1-2H3. The van der Waals surface area contributed by atoms with Crippen molar-refractivity contribution in [3.8, 4) is 66.8 Å². The van der Waals surface area contributed by atoms with E-state index < -0.39 is 0 Å². The molecule has 0 N–H and O–H groups in total. The van der Waals surface area contributed by atoms with Gasteiger partial charge in [0.05, 0.1) is 5.69 Å². The lowest BCUT2D eigenvalue weighted by molar-refractivity contribution is 0.660. The first kappa shape index (κ1) is 39.3. The summed E-state index contributed by atoms with van der Waals surface area (Å²) < 4.78 is 0. The maximum atomic E-state index is 2.51. The molecule has 1 nitrogen and oxygen atoms in total. The first-order valence-corrected chi connectivity index (χ1v) is 23.0. The van der Waals surface area contributed by atoms with E-state index in [1.54, 1.807) is 0 Å². The Labute approximate surface area is 387 Å². The highest BCUT2D eigenvalue weighted by Crippen LogP contribution is 2.53. The number of rotatable bonds is 8. The third-order valence-corrected chi connectivity index (χ3v) is 13.9. The number of benzene rings is 11. The summed E-state index contributed by atoms with van der Waals surface area (Å²) in [6.45, 7) is 4.75. The largest absolute Gasteiger partial charge is 0.310 e. The van der Waals surface area contributed by atoms with Crippen molar-refractivity contribution in [2.45, 2.75) is 19.3 Å². The molecule has 0 bridgehead atoms. The lowest BCUT2D eigenvalue weighted by Crippen LogP contribution is -2.17. The third kappa shape index (κ3) is 6.63. The zero-order chi connectivity index (χ0) is 44.2. The molecule has 0 atom stereocenters. The summed E-state index contributed by atoms with van der Waals surface area (Å²) in [4.78, 5) is 2.51. The van der Waals surface area contributed by atoms with Crippen LogP contribution in [0, 0.1) is 0 Å². The molecule has 66 heavy (non-hydrogen) atoms. The van der Waals surface area contributed by atoms with Crippen molar-refractivity contribution in [3.05, 3.63) is 260 Å². The smallest absolute Gasteiger partial charge is 0.0546 e. The molecule has 0 aliphatic heterocycles. The number of hydrogen-bond acceptors (Lipinski definition) is 1. The Balaban J connectivity index is 1.13. The number of anilines is 3. The summed E-state index contributed by atoms with van der Waals surface area (Å²) in [6, 6.07) is 91.6. The number of nitrogens with zero attached hydrogens (tertiary/aromatic N) is 1. The van der Waals surface area contributed by atoms with Gasteiger partial charge < -0.3 is 4.90 Å². The summed E-state index contributed by atoms with van der Waals surface area (Å²) in [5, 5.41) is 4.94. The maximum Gasteiger partial charge on any atom is 0.0546 e. The van der Waals surface area contributed by atoms with Crippen molar-refractivity contribution in [1.82, 2.24) is 0 Å². The molecule has 0 amide bonds. The highest BCUT2D eigenvalue weighted by molar-refractivity contribution is 6.16. The van der Waals surface area contributed by atoms with Gasteiger partial charge >= 0.3 is 0 Å². The van der Waals surface area contributed by atoms with Crippen LogP contribution in [-0.2, 0) is 5.41 Å². The van der Waals surface area contributed by atoms with Gasteiger partial charge in [-0.25, -0.2) is 0 Å². The van der Waals surface area contributed by atoms with Crippen LogP contribution in [0.3, 0.4) is 0 Å². The lowest BCUT2D eigenvalue weighted by atomic mass is 9.82. The molecule has 0 saturated heterocycles. The second-order valence-corrected chi connectivity index (χ2v) is 18.0. The minimum Gasteiger partial charge on any atom is -0.310 e. The average molecular weight is 842 g/mol. The SMILES string of the molecule is CC1(C)c2ccccc2-c2ccc(N(c3ccc(-c4ccccc4-c4ccccc4)cc3)c3cccc(-c4cccc(-c5ccccc5)c4)c3-c3cc4ccccc4c4ccccc34)cc21. The monoisotopic (exact) mass is 841 g/mol. The molecule has 1 aliphatic rings. The Morgan fingerprint density at radius 1 is 0.288 bits per heavy atom. The zero-order valence-electron chi connectivity index (χ0n) is 37.1. The predicted octanol–water partition coefficient (Wildman–Crippen LogP) is 18.1. The minimum atomic E-state index is -0.171. The summed E-state index contributed by atoms with van der Waals surface area (Å²) in [7, 11) is 0. The van der Waals surface area contributed by atoms with E-state index in [0.717, 1.165) is 17.1 Å². The van der Waals surface area contributed by atoms with E-state index in [2.05, 4.69) is 267 Å². The summed E-state index contributed by atoms with van der Waals surface area (Å²) in [5.74, 6) is 0. The zero-order valence-corrected chi connectivity index (χ0v) is 37.1. The number of fused-ring (bicyclic) bond motifs is 6. The minimum absolute atomic E-state index is 0.171. The van der Waals surface area contributed by atoms with Crippen molar-refractivity contribution in [2.24, 2.45) is 0 Å². The summed E-state index contributed by atoms with van der Waals surface area (Å²) >= 11 is 0. The molecule has 0 radical (unpaired) electrons. The van der Waals surface area contributed by atoms with Crippen LogP contribution in [0.25, 0.3) is 88.3 Å².